The third-order valence-corrected chi connectivity index (χ3v) is 4.61. The van der Waals surface area contributed by atoms with Gasteiger partial charge in [-0.3, -0.25) is 9.69 Å². The Balaban J connectivity index is 1.94. The number of hydrogen-bond donors (Lipinski definition) is 2. The first-order valence-corrected chi connectivity index (χ1v) is 6.61. The second-order valence-corrected chi connectivity index (χ2v) is 5.70. The minimum absolute atomic E-state index is 0.521. The molecule has 0 aromatic carbocycles. The van der Waals surface area contributed by atoms with Crippen molar-refractivity contribution < 1.29 is 9.90 Å². The number of carbonyl (C=O) groups is 1. The Hall–Kier alpha value is -0.260. The second kappa shape index (κ2) is 4.31. The molecule has 0 radical (unpaired) electrons. The molecule has 2 fully saturated rings. The van der Waals surface area contributed by atoms with Crippen LogP contribution in [0.25, 0.3) is 0 Å². The Labute approximate surface area is 94.2 Å². The van der Waals surface area contributed by atoms with Gasteiger partial charge in [0.05, 0.1) is 0 Å². The number of aliphatic carboxylic acids is 1. The number of nitrogens with zero attached hydrogens (tertiary/aromatic N) is 1. The highest BCUT2D eigenvalue weighted by atomic mass is 32.2. The molecular formula is C10H18N2O2S. The van der Waals surface area contributed by atoms with E-state index in [1.54, 1.807) is 0 Å². The summed E-state index contributed by atoms with van der Waals surface area (Å²) in [5.41, 5.74) is 4.85. The van der Waals surface area contributed by atoms with Crippen molar-refractivity contribution in [3.63, 3.8) is 0 Å². The minimum Gasteiger partial charge on any atom is -0.480 e. The number of likely N-dealkylation sites (tertiary alicyclic amines) is 1. The molecule has 0 aliphatic carbocycles. The maximum Gasteiger partial charge on any atom is 0.325 e. The Kier molecular flexibility index (Phi) is 3.23. The average molecular weight is 230 g/mol. The Morgan fingerprint density at radius 2 is 2.40 bits per heavy atom. The highest BCUT2D eigenvalue weighted by Gasteiger charge is 2.43. The minimum atomic E-state index is -0.998. The van der Waals surface area contributed by atoms with E-state index in [9.17, 15) is 4.79 Å². The smallest absolute Gasteiger partial charge is 0.325 e. The monoisotopic (exact) mass is 230 g/mol. The van der Waals surface area contributed by atoms with Gasteiger partial charge < -0.3 is 10.8 Å². The van der Waals surface area contributed by atoms with Crippen LogP contribution >= 0.6 is 11.8 Å². The quantitative estimate of drug-likeness (QED) is 0.717. The summed E-state index contributed by atoms with van der Waals surface area (Å²) in [6, 6.07) is 0.550. The lowest BCUT2D eigenvalue weighted by atomic mass is 10.0. The summed E-state index contributed by atoms with van der Waals surface area (Å²) in [5, 5.41) is 9.03. The Morgan fingerprint density at radius 3 is 2.93 bits per heavy atom. The SMILES string of the molecule is NC1(C(=O)O)CCN(C2CCCSC2)C1. The lowest BCUT2D eigenvalue weighted by molar-refractivity contribution is -0.142. The molecule has 0 bridgehead atoms. The van der Waals surface area contributed by atoms with Gasteiger partial charge in [-0.1, -0.05) is 0 Å². The van der Waals surface area contributed by atoms with Gasteiger partial charge in [-0.15, -0.1) is 0 Å². The molecule has 2 aliphatic heterocycles. The van der Waals surface area contributed by atoms with E-state index in [4.69, 9.17) is 10.8 Å². The third kappa shape index (κ3) is 2.29. The molecular weight excluding hydrogens is 212 g/mol. The number of carboxylic acid groups (broad SMARTS) is 1. The van der Waals surface area contributed by atoms with Crippen LogP contribution in [0.1, 0.15) is 19.3 Å². The maximum absolute atomic E-state index is 11.0. The fourth-order valence-corrected chi connectivity index (χ4v) is 3.55. The molecule has 3 N–H and O–H groups in total. The van der Waals surface area contributed by atoms with Crippen molar-refractivity contribution in [3.05, 3.63) is 0 Å². The molecule has 2 rings (SSSR count). The summed E-state index contributed by atoms with van der Waals surface area (Å²) in [4.78, 5) is 13.3. The van der Waals surface area contributed by atoms with Gasteiger partial charge in [0.25, 0.3) is 0 Å². The fraction of sp³-hybridized carbons (Fsp3) is 0.900. The molecule has 0 amide bonds. The Morgan fingerprint density at radius 1 is 1.60 bits per heavy atom. The normalized spacial score (nSPS) is 38.1. The summed E-state index contributed by atoms with van der Waals surface area (Å²) >= 11 is 1.97. The van der Waals surface area contributed by atoms with Crippen molar-refractivity contribution >= 4 is 17.7 Å². The molecule has 0 aromatic heterocycles. The van der Waals surface area contributed by atoms with Gasteiger partial charge in [0, 0.05) is 24.9 Å². The maximum atomic E-state index is 11.0. The summed E-state index contributed by atoms with van der Waals surface area (Å²) in [5.74, 6) is 1.53. The molecule has 15 heavy (non-hydrogen) atoms. The van der Waals surface area contributed by atoms with E-state index in [1.807, 2.05) is 11.8 Å². The molecule has 2 aliphatic rings. The van der Waals surface area contributed by atoms with Gasteiger partial charge in [-0.2, -0.15) is 11.8 Å². The standard InChI is InChI=1S/C10H18N2O2S/c11-10(9(13)14)3-4-12(7-10)8-2-1-5-15-6-8/h8H,1-7,11H2,(H,13,14). The zero-order valence-electron chi connectivity index (χ0n) is 8.82. The predicted molar refractivity (Wildman–Crippen MR) is 61.1 cm³/mol. The van der Waals surface area contributed by atoms with Crippen molar-refractivity contribution in [2.45, 2.75) is 30.8 Å². The molecule has 2 unspecified atom stereocenters. The summed E-state index contributed by atoms with van der Waals surface area (Å²) in [6.45, 7) is 1.36. The molecule has 4 nitrogen and oxygen atoms in total. The molecule has 0 aromatic rings. The molecule has 2 atom stereocenters. The summed E-state index contributed by atoms with van der Waals surface area (Å²) in [7, 11) is 0. The zero-order chi connectivity index (χ0) is 10.9. The van der Waals surface area contributed by atoms with Crippen molar-refractivity contribution in [2.75, 3.05) is 24.6 Å². The van der Waals surface area contributed by atoms with E-state index in [2.05, 4.69) is 4.90 Å². The van der Waals surface area contributed by atoms with E-state index < -0.39 is 11.5 Å². The van der Waals surface area contributed by atoms with Gasteiger partial charge in [0.15, 0.2) is 0 Å². The number of thioether (sulfide) groups is 1. The van der Waals surface area contributed by atoms with Gasteiger partial charge in [-0.25, -0.2) is 0 Å². The van der Waals surface area contributed by atoms with Crippen LogP contribution in [0.2, 0.25) is 0 Å². The van der Waals surface area contributed by atoms with Crippen LogP contribution in [-0.2, 0) is 4.79 Å². The van der Waals surface area contributed by atoms with Crippen molar-refractivity contribution in [1.29, 1.82) is 0 Å². The molecule has 0 spiro atoms. The molecule has 86 valence electrons. The molecule has 2 saturated heterocycles. The summed E-state index contributed by atoms with van der Waals surface area (Å²) < 4.78 is 0. The second-order valence-electron chi connectivity index (χ2n) is 4.55. The highest BCUT2D eigenvalue weighted by molar-refractivity contribution is 7.99. The number of nitrogens with two attached hydrogens (primary N) is 1. The van der Waals surface area contributed by atoms with E-state index in [1.165, 1.54) is 18.6 Å². The molecule has 5 heteroatoms. The van der Waals surface area contributed by atoms with Crippen molar-refractivity contribution in [3.8, 4) is 0 Å². The van der Waals surface area contributed by atoms with Gasteiger partial charge in [0.1, 0.15) is 5.54 Å². The van der Waals surface area contributed by atoms with Crippen molar-refractivity contribution in [2.24, 2.45) is 5.73 Å². The first-order valence-electron chi connectivity index (χ1n) is 5.46. The lowest BCUT2D eigenvalue weighted by Gasteiger charge is -2.31. The molecule has 0 saturated carbocycles. The average Bonchev–Trinajstić information content (AvgIpc) is 2.64. The van der Waals surface area contributed by atoms with Crippen LogP contribution in [0.15, 0.2) is 0 Å². The van der Waals surface area contributed by atoms with Crippen LogP contribution in [-0.4, -0.2) is 52.2 Å². The number of carboxylic acids is 1. The van der Waals surface area contributed by atoms with Crippen LogP contribution < -0.4 is 5.73 Å². The van der Waals surface area contributed by atoms with Gasteiger partial charge in [-0.05, 0) is 25.0 Å². The fourth-order valence-electron chi connectivity index (χ4n) is 2.36. The van der Waals surface area contributed by atoms with Crippen LogP contribution in [0.5, 0.6) is 0 Å². The number of hydrogen-bond acceptors (Lipinski definition) is 4. The Bertz CT molecular complexity index is 256. The van der Waals surface area contributed by atoms with E-state index in [-0.39, 0.29) is 0 Å². The number of rotatable bonds is 2. The van der Waals surface area contributed by atoms with Crippen molar-refractivity contribution in [1.82, 2.24) is 4.90 Å². The zero-order valence-corrected chi connectivity index (χ0v) is 9.63. The third-order valence-electron chi connectivity index (χ3n) is 3.41. The lowest BCUT2D eigenvalue weighted by Crippen LogP contribution is -2.51. The highest BCUT2D eigenvalue weighted by Crippen LogP contribution is 2.27. The van der Waals surface area contributed by atoms with E-state index in [0.29, 0.717) is 19.0 Å². The van der Waals surface area contributed by atoms with Gasteiger partial charge in [0.2, 0.25) is 0 Å². The first kappa shape index (κ1) is 11.2. The molecule has 2 heterocycles. The van der Waals surface area contributed by atoms with Gasteiger partial charge >= 0.3 is 5.97 Å². The topological polar surface area (TPSA) is 66.6 Å². The summed E-state index contributed by atoms with van der Waals surface area (Å²) in [6.07, 6.45) is 3.03. The first-order chi connectivity index (χ1) is 7.12. The largest absolute Gasteiger partial charge is 0.480 e. The predicted octanol–water partition coefficient (Wildman–Crippen LogP) is 0.370. The van der Waals surface area contributed by atoms with Crippen LogP contribution in [0.4, 0.5) is 0 Å². The van der Waals surface area contributed by atoms with E-state index in [0.717, 1.165) is 12.3 Å². The van der Waals surface area contributed by atoms with E-state index >= 15 is 0 Å². The van der Waals surface area contributed by atoms with Crippen LogP contribution in [0, 0.1) is 0 Å². The van der Waals surface area contributed by atoms with Crippen LogP contribution in [0.3, 0.4) is 0 Å².